The fraction of sp³-hybridized carbons (Fsp3) is 0.312. The third kappa shape index (κ3) is 5.99. The molecule has 1 aliphatic heterocycles. The maximum absolute atomic E-state index is 12.4. The highest BCUT2D eigenvalue weighted by molar-refractivity contribution is 5.98. The van der Waals surface area contributed by atoms with Crippen molar-refractivity contribution in [2.75, 3.05) is 18.8 Å². The van der Waals surface area contributed by atoms with Crippen LogP contribution in [0, 0.1) is 0 Å². The highest BCUT2D eigenvalue weighted by atomic mass is 16.6. The number of hydrogen-bond acceptors (Lipinski definition) is 8. The molecule has 10 heteroatoms. The number of hydrogen-bond donors (Lipinski definition) is 1. The molecule has 1 saturated heterocycles. The van der Waals surface area contributed by atoms with Crippen LogP contribution in [0.3, 0.4) is 0 Å². The van der Waals surface area contributed by atoms with Crippen LogP contribution < -0.4 is 10.5 Å². The van der Waals surface area contributed by atoms with Crippen LogP contribution in [0.4, 0.5) is 10.6 Å². The molecule has 0 bridgehead atoms. The molecule has 1 fully saturated rings. The Morgan fingerprint density at radius 3 is 2.40 bits per heavy atom. The summed E-state index contributed by atoms with van der Waals surface area (Å²) in [6.07, 6.45) is 6.57. The summed E-state index contributed by atoms with van der Waals surface area (Å²) < 4.78 is 15.0. The summed E-state index contributed by atoms with van der Waals surface area (Å²) >= 11 is 0. The van der Waals surface area contributed by atoms with Crippen LogP contribution >= 0.6 is 0 Å². The standard InChI is InChI=1S/C32H35N7O3/c1-32(2,3)42-31(40)38-18-13-22(20-38)19-37-16-14-24(15-17-37)39-30-27(29(33)34-21-35-30)28(36-39)23-9-11-26(12-10-23)41-25-7-5-4-6-8-25/h4-13,18,20-21,24H,14-17,19H2,1-3H3,(H2,33,34,35). The van der Waals surface area contributed by atoms with E-state index in [1.807, 2.05) is 92.3 Å². The topological polar surface area (TPSA) is 113 Å². The lowest BCUT2D eigenvalue weighted by molar-refractivity contribution is 0.0537. The number of anilines is 1. The predicted octanol–water partition coefficient (Wildman–Crippen LogP) is 6.29. The Hall–Kier alpha value is -4.70. The van der Waals surface area contributed by atoms with E-state index in [1.165, 1.54) is 10.9 Å². The molecule has 2 N–H and O–H groups in total. The van der Waals surface area contributed by atoms with Gasteiger partial charge in [-0.25, -0.2) is 19.4 Å². The van der Waals surface area contributed by atoms with Crippen LogP contribution in [0.1, 0.15) is 45.2 Å². The average Bonchev–Trinajstić information content (AvgIpc) is 3.60. The number of likely N-dealkylation sites (tertiary alicyclic amines) is 1. The fourth-order valence-electron chi connectivity index (χ4n) is 5.30. The molecule has 42 heavy (non-hydrogen) atoms. The van der Waals surface area contributed by atoms with Crippen LogP contribution in [-0.4, -0.2) is 54.0 Å². The van der Waals surface area contributed by atoms with E-state index in [4.69, 9.17) is 20.3 Å². The Morgan fingerprint density at radius 2 is 1.69 bits per heavy atom. The molecule has 216 valence electrons. The van der Waals surface area contributed by atoms with Crippen molar-refractivity contribution in [1.29, 1.82) is 0 Å². The van der Waals surface area contributed by atoms with Gasteiger partial charge in [0.2, 0.25) is 0 Å². The quantitative estimate of drug-likeness (QED) is 0.256. The Bertz CT molecular complexity index is 1680. The van der Waals surface area contributed by atoms with Crippen LogP contribution in [-0.2, 0) is 11.3 Å². The Morgan fingerprint density at radius 1 is 0.976 bits per heavy atom. The van der Waals surface area contributed by atoms with Crippen LogP contribution in [0.5, 0.6) is 11.5 Å². The Balaban J connectivity index is 1.16. The molecule has 10 nitrogen and oxygen atoms in total. The van der Waals surface area contributed by atoms with Gasteiger partial charge in [0, 0.05) is 37.6 Å². The van der Waals surface area contributed by atoms with Crippen LogP contribution in [0.2, 0.25) is 0 Å². The van der Waals surface area contributed by atoms with E-state index >= 15 is 0 Å². The molecule has 0 saturated carbocycles. The molecule has 0 unspecified atom stereocenters. The third-order valence-corrected chi connectivity index (χ3v) is 7.29. The van der Waals surface area contributed by atoms with Crippen LogP contribution in [0.25, 0.3) is 22.3 Å². The molecule has 0 radical (unpaired) electrons. The summed E-state index contributed by atoms with van der Waals surface area (Å²) in [5.41, 5.74) is 9.34. The van der Waals surface area contributed by atoms with Gasteiger partial charge in [-0.3, -0.25) is 9.47 Å². The van der Waals surface area contributed by atoms with E-state index in [-0.39, 0.29) is 12.1 Å². The zero-order chi connectivity index (χ0) is 29.3. The van der Waals surface area contributed by atoms with Crippen molar-refractivity contribution in [3.8, 4) is 22.8 Å². The number of para-hydroxylation sites is 1. The second kappa shape index (κ2) is 11.3. The first-order valence-corrected chi connectivity index (χ1v) is 14.2. The lowest BCUT2D eigenvalue weighted by Gasteiger charge is -2.31. The summed E-state index contributed by atoms with van der Waals surface area (Å²) in [5, 5.41) is 5.80. The van der Waals surface area contributed by atoms with E-state index in [2.05, 4.69) is 14.9 Å². The minimum absolute atomic E-state index is 0.179. The van der Waals surface area contributed by atoms with E-state index in [9.17, 15) is 4.79 Å². The summed E-state index contributed by atoms with van der Waals surface area (Å²) in [5.74, 6) is 1.94. The number of piperidine rings is 1. The highest BCUT2D eigenvalue weighted by Crippen LogP contribution is 2.35. The smallest absolute Gasteiger partial charge is 0.418 e. The molecule has 0 amide bonds. The third-order valence-electron chi connectivity index (χ3n) is 7.29. The van der Waals surface area contributed by atoms with Gasteiger partial charge in [-0.05, 0) is 81.6 Å². The van der Waals surface area contributed by atoms with Gasteiger partial charge in [0.25, 0.3) is 0 Å². The van der Waals surface area contributed by atoms with Gasteiger partial charge in [-0.15, -0.1) is 0 Å². The van der Waals surface area contributed by atoms with Crippen molar-refractivity contribution < 1.29 is 14.3 Å². The molecule has 5 aromatic rings. The van der Waals surface area contributed by atoms with Gasteiger partial charge in [-0.2, -0.15) is 5.10 Å². The second-order valence-electron chi connectivity index (χ2n) is 11.6. The monoisotopic (exact) mass is 565 g/mol. The number of nitrogens with zero attached hydrogens (tertiary/aromatic N) is 6. The van der Waals surface area contributed by atoms with Crippen molar-refractivity contribution in [2.24, 2.45) is 0 Å². The lowest BCUT2D eigenvalue weighted by Crippen LogP contribution is -2.34. The van der Waals surface area contributed by atoms with Gasteiger partial charge in [0.1, 0.15) is 34.9 Å². The Kier molecular flexibility index (Phi) is 7.38. The second-order valence-corrected chi connectivity index (χ2v) is 11.6. The molecule has 0 atom stereocenters. The highest BCUT2D eigenvalue weighted by Gasteiger charge is 2.26. The zero-order valence-corrected chi connectivity index (χ0v) is 24.1. The molecular weight excluding hydrogens is 530 g/mol. The van der Waals surface area contributed by atoms with Crippen LogP contribution in [0.15, 0.2) is 79.4 Å². The van der Waals surface area contributed by atoms with E-state index in [1.54, 1.807) is 6.20 Å². The summed E-state index contributed by atoms with van der Waals surface area (Å²) in [6.45, 7) is 8.15. The summed E-state index contributed by atoms with van der Waals surface area (Å²) in [4.78, 5) is 23.6. The maximum atomic E-state index is 12.4. The molecular formula is C32H35N7O3. The summed E-state index contributed by atoms with van der Waals surface area (Å²) in [6, 6.07) is 19.7. The number of carbonyl (C=O) groups is 1. The van der Waals surface area contributed by atoms with Gasteiger partial charge < -0.3 is 15.2 Å². The van der Waals surface area contributed by atoms with Gasteiger partial charge in [-0.1, -0.05) is 18.2 Å². The van der Waals surface area contributed by atoms with E-state index in [0.29, 0.717) is 5.82 Å². The first kappa shape index (κ1) is 27.5. The van der Waals surface area contributed by atoms with Gasteiger partial charge >= 0.3 is 6.09 Å². The fourth-order valence-corrected chi connectivity index (χ4v) is 5.30. The van der Waals surface area contributed by atoms with Crippen molar-refractivity contribution in [3.05, 3.63) is 84.9 Å². The number of benzene rings is 2. The summed E-state index contributed by atoms with van der Waals surface area (Å²) in [7, 11) is 0. The molecule has 2 aromatic carbocycles. The number of ether oxygens (including phenoxy) is 2. The SMILES string of the molecule is CC(C)(C)OC(=O)n1ccc(CN2CCC(n3nc(-c4ccc(Oc5ccccc5)cc4)c4c(N)ncnc43)CC2)c1. The van der Waals surface area contributed by atoms with Crippen molar-refractivity contribution in [2.45, 2.75) is 51.8 Å². The van der Waals surface area contributed by atoms with Crippen molar-refractivity contribution >= 4 is 22.9 Å². The largest absolute Gasteiger partial charge is 0.457 e. The molecule has 4 heterocycles. The molecule has 6 rings (SSSR count). The normalized spacial score (nSPS) is 14.7. The number of carbonyl (C=O) groups excluding carboxylic acids is 1. The minimum Gasteiger partial charge on any atom is -0.457 e. The predicted molar refractivity (Wildman–Crippen MR) is 161 cm³/mol. The first-order valence-electron chi connectivity index (χ1n) is 14.2. The maximum Gasteiger partial charge on any atom is 0.418 e. The van der Waals surface area contributed by atoms with Crippen molar-refractivity contribution in [1.82, 2.24) is 29.2 Å². The average molecular weight is 566 g/mol. The number of nitrogens with two attached hydrogens (primary N) is 1. The van der Waals surface area contributed by atoms with E-state index in [0.717, 1.165) is 71.8 Å². The van der Waals surface area contributed by atoms with Gasteiger partial charge in [0.15, 0.2) is 5.65 Å². The number of aromatic nitrogens is 5. The number of nitrogen functional groups attached to an aromatic ring is 1. The first-order chi connectivity index (χ1) is 20.2. The lowest BCUT2D eigenvalue weighted by atomic mass is 10.0. The molecule has 0 spiro atoms. The van der Waals surface area contributed by atoms with Gasteiger partial charge in [0.05, 0.1) is 11.4 Å². The number of rotatable bonds is 6. The van der Waals surface area contributed by atoms with Crippen molar-refractivity contribution in [3.63, 3.8) is 0 Å². The molecule has 1 aliphatic rings. The Labute approximate surface area is 244 Å². The number of fused-ring (bicyclic) bond motifs is 1. The minimum atomic E-state index is -0.532. The zero-order valence-electron chi connectivity index (χ0n) is 24.1. The molecule has 3 aromatic heterocycles. The van der Waals surface area contributed by atoms with E-state index < -0.39 is 5.60 Å². The molecule has 0 aliphatic carbocycles.